The van der Waals surface area contributed by atoms with Crippen LogP contribution in [0.15, 0.2) is 46.5 Å². The van der Waals surface area contributed by atoms with Crippen molar-refractivity contribution in [2.45, 2.75) is 6.04 Å². The number of hydrogen-bond acceptors (Lipinski definition) is 7. The van der Waals surface area contributed by atoms with Crippen molar-refractivity contribution in [3.63, 3.8) is 0 Å². The molecule has 0 aliphatic carbocycles. The molecule has 1 aliphatic rings. The van der Waals surface area contributed by atoms with Crippen molar-refractivity contribution >= 4 is 28.6 Å². The minimum Gasteiger partial charge on any atom is -0.497 e. The standard InChI is InChI=1S/C21H23N3O3S2/c1-26-17-4-2-15(3-5-17)19(24-7-9-27-10-8-24)12-22-20(25)18-14-29-21(23-18)16-6-11-28-13-16/h2-6,11,13-14,19H,7-10,12H2,1H3,(H,22,25)/t19-/m1/s1. The highest BCUT2D eigenvalue weighted by molar-refractivity contribution is 7.14. The Labute approximate surface area is 178 Å². The number of methoxy groups -OCH3 is 1. The van der Waals surface area contributed by atoms with E-state index in [4.69, 9.17) is 9.47 Å². The normalized spacial score (nSPS) is 15.8. The Morgan fingerprint density at radius 1 is 1.24 bits per heavy atom. The molecule has 1 saturated heterocycles. The van der Waals surface area contributed by atoms with Crippen molar-refractivity contribution in [2.24, 2.45) is 0 Å². The van der Waals surface area contributed by atoms with Crippen molar-refractivity contribution in [1.29, 1.82) is 0 Å². The predicted molar refractivity (Wildman–Crippen MR) is 116 cm³/mol. The summed E-state index contributed by atoms with van der Waals surface area (Å²) in [6.45, 7) is 3.60. The Morgan fingerprint density at radius 3 is 2.72 bits per heavy atom. The van der Waals surface area contributed by atoms with Crippen LogP contribution in [0.1, 0.15) is 22.1 Å². The summed E-state index contributed by atoms with van der Waals surface area (Å²) >= 11 is 3.12. The lowest BCUT2D eigenvalue weighted by Crippen LogP contribution is -2.43. The van der Waals surface area contributed by atoms with Gasteiger partial charge in [-0.2, -0.15) is 11.3 Å². The summed E-state index contributed by atoms with van der Waals surface area (Å²) in [6, 6.07) is 10.1. The van der Waals surface area contributed by atoms with Crippen LogP contribution in [0.2, 0.25) is 0 Å². The number of benzene rings is 1. The molecule has 3 aromatic rings. The lowest BCUT2D eigenvalue weighted by atomic mass is 10.0. The zero-order valence-electron chi connectivity index (χ0n) is 16.2. The minimum absolute atomic E-state index is 0.0729. The third-order valence-electron chi connectivity index (χ3n) is 4.95. The molecule has 6 nitrogen and oxygen atoms in total. The van der Waals surface area contributed by atoms with Crippen LogP contribution in [0.5, 0.6) is 5.75 Å². The van der Waals surface area contributed by atoms with Gasteiger partial charge in [0.25, 0.3) is 5.91 Å². The van der Waals surface area contributed by atoms with E-state index in [0.29, 0.717) is 25.5 Å². The van der Waals surface area contributed by atoms with Gasteiger partial charge in [0.05, 0.1) is 26.4 Å². The Morgan fingerprint density at radius 2 is 2.03 bits per heavy atom. The molecule has 1 amide bonds. The fourth-order valence-corrected chi connectivity index (χ4v) is 4.86. The first-order valence-electron chi connectivity index (χ1n) is 9.46. The van der Waals surface area contributed by atoms with Gasteiger partial charge in [0.15, 0.2) is 0 Å². The van der Waals surface area contributed by atoms with Gasteiger partial charge in [-0.05, 0) is 29.1 Å². The maximum atomic E-state index is 12.7. The van der Waals surface area contributed by atoms with Gasteiger partial charge in [0.2, 0.25) is 0 Å². The van der Waals surface area contributed by atoms with Gasteiger partial charge in [-0.3, -0.25) is 9.69 Å². The first-order valence-corrected chi connectivity index (χ1v) is 11.3. The highest BCUT2D eigenvalue weighted by Gasteiger charge is 2.24. The number of carbonyl (C=O) groups excluding carboxylic acids is 1. The number of morpholine rings is 1. The summed E-state index contributed by atoms with van der Waals surface area (Å²) in [5.41, 5.74) is 2.67. The number of nitrogens with zero attached hydrogens (tertiary/aromatic N) is 2. The van der Waals surface area contributed by atoms with E-state index in [9.17, 15) is 4.79 Å². The number of thiazole rings is 1. The van der Waals surface area contributed by atoms with Crippen molar-refractivity contribution in [2.75, 3.05) is 40.0 Å². The number of carbonyl (C=O) groups is 1. The average Bonchev–Trinajstić information content (AvgIpc) is 3.47. The number of aromatic nitrogens is 1. The second kappa shape index (κ2) is 9.49. The van der Waals surface area contributed by atoms with E-state index in [1.807, 2.05) is 34.3 Å². The largest absolute Gasteiger partial charge is 0.497 e. The molecule has 1 N–H and O–H groups in total. The number of rotatable bonds is 7. The molecule has 152 valence electrons. The van der Waals surface area contributed by atoms with Crippen LogP contribution in [0.4, 0.5) is 0 Å². The molecule has 1 fully saturated rings. The van der Waals surface area contributed by atoms with E-state index < -0.39 is 0 Å². The van der Waals surface area contributed by atoms with Crippen LogP contribution < -0.4 is 10.1 Å². The molecule has 8 heteroatoms. The van der Waals surface area contributed by atoms with E-state index in [1.165, 1.54) is 11.3 Å². The summed E-state index contributed by atoms with van der Waals surface area (Å²) in [7, 11) is 1.66. The van der Waals surface area contributed by atoms with E-state index in [0.717, 1.165) is 35.0 Å². The number of ether oxygens (including phenoxy) is 2. The molecular formula is C21H23N3O3S2. The number of thiophene rings is 1. The van der Waals surface area contributed by atoms with Gasteiger partial charge >= 0.3 is 0 Å². The summed E-state index contributed by atoms with van der Waals surface area (Å²) in [5, 5.41) is 9.82. The quantitative estimate of drug-likeness (QED) is 0.621. The molecule has 1 aromatic carbocycles. The second-order valence-electron chi connectivity index (χ2n) is 6.70. The molecule has 3 heterocycles. The molecule has 0 unspecified atom stereocenters. The zero-order valence-corrected chi connectivity index (χ0v) is 17.8. The predicted octanol–water partition coefficient (Wildman–Crippen LogP) is 3.68. The Bertz CT molecular complexity index is 919. The maximum Gasteiger partial charge on any atom is 0.270 e. The van der Waals surface area contributed by atoms with Crippen LogP contribution in [-0.4, -0.2) is 55.7 Å². The minimum atomic E-state index is -0.144. The van der Waals surface area contributed by atoms with Crippen LogP contribution >= 0.6 is 22.7 Å². The monoisotopic (exact) mass is 429 g/mol. The zero-order chi connectivity index (χ0) is 20.1. The first-order chi connectivity index (χ1) is 14.2. The van der Waals surface area contributed by atoms with Gasteiger partial charge in [-0.15, -0.1) is 11.3 Å². The molecular weight excluding hydrogens is 406 g/mol. The van der Waals surface area contributed by atoms with E-state index in [-0.39, 0.29) is 11.9 Å². The van der Waals surface area contributed by atoms with Gasteiger partial charge in [-0.1, -0.05) is 12.1 Å². The van der Waals surface area contributed by atoms with Crippen LogP contribution in [-0.2, 0) is 4.74 Å². The van der Waals surface area contributed by atoms with Gasteiger partial charge in [-0.25, -0.2) is 4.98 Å². The fourth-order valence-electron chi connectivity index (χ4n) is 3.35. The molecule has 1 atom stereocenters. The van der Waals surface area contributed by atoms with E-state index in [2.05, 4.69) is 27.3 Å². The molecule has 0 spiro atoms. The van der Waals surface area contributed by atoms with Crippen molar-refractivity contribution in [1.82, 2.24) is 15.2 Å². The maximum absolute atomic E-state index is 12.7. The SMILES string of the molecule is COc1ccc([C@@H](CNC(=O)c2csc(-c3ccsc3)n2)N2CCOCC2)cc1. The summed E-state index contributed by atoms with van der Waals surface area (Å²) < 4.78 is 10.8. The highest BCUT2D eigenvalue weighted by Crippen LogP contribution is 2.26. The third-order valence-corrected chi connectivity index (χ3v) is 6.52. The Hall–Kier alpha value is -2.26. The lowest BCUT2D eigenvalue weighted by Gasteiger charge is -2.35. The summed E-state index contributed by atoms with van der Waals surface area (Å²) in [4.78, 5) is 19.6. The molecule has 0 saturated carbocycles. The summed E-state index contributed by atoms with van der Waals surface area (Å²) in [5.74, 6) is 0.677. The number of hydrogen-bond donors (Lipinski definition) is 1. The van der Waals surface area contributed by atoms with Crippen LogP contribution in [0.25, 0.3) is 10.6 Å². The highest BCUT2D eigenvalue weighted by atomic mass is 32.1. The summed E-state index contributed by atoms with van der Waals surface area (Å²) in [6.07, 6.45) is 0. The van der Waals surface area contributed by atoms with Crippen LogP contribution in [0.3, 0.4) is 0 Å². The van der Waals surface area contributed by atoms with E-state index in [1.54, 1.807) is 18.4 Å². The molecule has 2 aromatic heterocycles. The molecule has 4 rings (SSSR count). The van der Waals surface area contributed by atoms with E-state index >= 15 is 0 Å². The second-order valence-corrected chi connectivity index (χ2v) is 8.34. The Balaban J connectivity index is 1.46. The van der Waals surface area contributed by atoms with Crippen molar-refractivity contribution in [3.8, 4) is 16.3 Å². The Kier molecular flexibility index (Phi) is 6.56. The number of amides is 1. The first kappa shape index (κ1) is 20.0. The van der Waals surface area contributed by atoms with Gasteiger partial charge in [0.1, 0.15) is 16.5 Å². The fraction of sp³-hybridized carbons (Fsp3) is 0.333. The van der Waals surface area contributed by atoms with Crippen molar-refractivity contribution < 1.29 is 14.3 Å². The number of nitrogens with one attached hydrogen (secondary N) is 1. The molecule has 0 radical (unpaired) electrons. The van der Waals surface area contributed by atoms with Crippen molar-refractivity contribution in [3.05, 3.63) is 57.7 Å². The molecule has 1 aliphatic heterocycles. The average molecular weight is 430 g/mol. The molecule has 29 heavy (non-hydrogen) atoms. The van der Waals surface area contributed by atoms with Gasteiger partial charge < -0.3 is 14.8 Å². The lowest BCUT2D eigenvalue weighted by molar-refractivity contribution is 0.0162. The molecule has 0 bridgehead atoms. The van der Waals surface area contributed by atoms with Gasteiger partial charge in [0, 0.05) is 36.0 Å². The van der Waals surface area contributed by atoms with Crippen LogP contribution in [0, 0.1) is 0 Å². The third kappa shape index (κ3) is 4.84. The smallest absolute Gasteiger partial charge is 0.270 e. The topological polar surface area (TPSA) is 63.7 Å².